The highest BCUT2D eigenvalue weighted by Crippen LogP contribution is 2.19. The first kappa shape index (κ1) is 11.2. The normalized spacial score (nSPS) is 9.93. The molecule has 0 aromatic carbocycles. The molecule has 5 heteroatoms. The minimum absolute atomic E-state index is 0.283. The van der Waals surface area contributed by atoms with Crippen LogP contribution in [0.1, 0.15) is 33.3 Å². The van der Waals surface area contributed by atoms with Gasteiger partial charge in [0, 0.05) is 0 Å². The van der Waals surface area contributed by atoms with E-state index in [1.807, 2.05) is 22.6 Å². The maximum absolute atomic E-state index is 11.5. The minimum atomic E-state index is -0.453. The van der Waals surface area contributed by atoms with Crippen molar-refractivity contribution in [1.29, 1.82) is 0 Å². The Hall–Kier alpha value is -0.850. The molecular formula is C9H10INO3. The molecule has 1 aromatic heterocycles. The second-order valence-electron chi connectivity index (χ2n) is 2.69. The van der Waals surface area contributed by atoms with Crippen molar-refractivity contribution >= 4 is 34.8 Å². The van der Waals surface area contributed by atoms with Crippen LogP contribution in [0.15, 0.2) is 0 Å². The van der Waals surface area contributed by atoms with Gasteiger partial charge < -0.3 is 9.72 Å². The highest BCUT2D eigenvalue weighted by atomic mass is 127. The summed E-state index contributed by atoms with van der Waals surface area (Å²) in [5, 5.41) is 0. The van der Waals surface area contributed by atoms with Crippen molar-refractivity contribution in [3.8, 4) is 0 Å². The van der Waals surface area contributed by atoms with Crippen LogP contribution in [0.5, 0.6) is 0 Å². The Balaban J connectivity index is 3.17. The minimum Gasteiger partial charge on any atom is -0.462 e. The third-order valence-electron chi connectivity index (χ3n) is 1.82. The fourth-order valence-corrected chi connectivity index (χ4v) is 1.70. The van der Waals surface area contributed by atoms with Gasteiger partial charge in [0.15, 0.2) is 6.29 Å². The molecule has 0 saturated carbocycles. The van der Waals surface area contributed by atoms with Gasteiger partial charge in [-0.3, -0.25) is 4.79 Å². The van der Waals surface area contributed by atoms with Crippen molar-refractivity contribution in [2.75, 3.05) is 6.61 Å². The number of ether oxygens (including phenoxy) is 1. The molecule has 0 aliphatic carbocycles. The van der Waals surface area contributed by atoms with E-state index in [2.05, 4.69) is 4.98 Å². The van der Waals surface area contributed by atoms with Crippen LogP contribution < -0.4 is 0 Å². The van der Waals surface area contributed by atoms with Crippen molar-refractivity contribution in [3.63, 3.8) is 0 Å². The molecule has 14 heavy (non-hydrogen) atoms. The first-order valence-corrected chi connectivity index (χ1v) is 5.20. The summed E-state index contributed by atoms with van der Waals surface area (Å²) in [6, 6.07) is 0. The summed E-state index contributed by atoms with van der Waals surface area (Å²) in [6.45, 7) is 3.81. The highest BCUT2D eigenvalue weighted by Gasteiger charge is 2.19. The topological polar surface area (TPSA) is 59.2 Å². The van der Waals surface area contributed by atoms with E-state index in [0.717, 1.165) is 9.26 Å². The first-order chi connectivity index (χ1) is 6.61. The summed E-state index contributed by atoms with van der Waals surface area (Å²) in [7, 11) is 0. The van der Waals surface area contributed by atoms with Crippen molar-refractivity contribution < 1.29 is 14.3 Å². The van der Waals surface area contributed by atoms with E-state index < -0.39 is 5.97 Å². The number of carbonyl (C=O) groups is 2. The van der Waals surface area contributed by atoms with Crippen LogP contribution in [0.25, 0.3) is 0 Å². The molecule has 4 nitrogen and oxygen atoms in total. The van der Waals surface area contributed by atoms with Gasteiger partial charge in [-0.1, -0.05) is 0 Å². The maximum Gasteiger partial charge on any atom is 0.340 e. The monoisotopic (exact) mass is 307 g/mol. The summed E-state index contributed by atoms with van der Waals surface area (Å²) in [6.07, 6.45) is 0.626. The SMILES string of the molecule is CCOC(=O)c1c(C=O)[nH]c(I)c1C. The lowest BCUT2D eigenvalue weighted by Gasteiger charge is -2.00. The average Bonchev–Trinajstić information content (AvgIpc) is 2.43. The third kappa shape index (κ3) is 1.97. The zero-order chi connectivity index (χ0) is 10.7. The van der Waals surface area contributed by atoms with Gasteiger partial charge in [0.2, 0.25) is 0 Å². The van der Waals surface area contributed by atoms with Crippen molar-refractivity contribution in [3.05, 3.63) is 20.5 Å². The fourth-order valence-electron chi connectivity index (χ4n) is 1.14. The van der Waals surface area contributed by atoms with Gasteiger partial charge >= 0.3 is 5.97 Å². The predicted octanol–water partition coefficient (Wildman–Crippen LogP) is 1.92. The molecule has 0 aliphatic rings. The lowest BCUT2D eigenvalue weighted by molar-refractivity contribution is 0.0523. The number of H-pyrrole nitrogens is 1. The van der Waals surface area contributed by atoms with E-state index in [1.54, 1.807) is 13.8 Å². The molecule has 0 bridgehead atoms. The first-order valence-electron chi connectivity index (χ1n) is 4.12. The van der Waals surface area contributed by atoms with E-state index >= 15 is 0 Å². The number of nitrogens with one attached hydrogen (secondary N) is 1. The van der Waals surface area contributed by atoms with Gasteiger partial charge in [0.05, 0.1) is 21.6 Å². The quantitative estimate of drug-likeness (QED) is 0.527. The Morgan fingerprint density at radius 2 is 2.29 bits per heavy atom. The summed E-state index contributed by atoms with van der Waals surface area (Å²) >= 11 is 2.03. The number of rotatable bonds is 3. The number of aromatic amines is 1. The molecule has 0 saturated heterocycles. The maximum atomic E-state index is 11.5. The van der Waals surface area contributed by atoms with Crippen molar-refractivity contribution in [2.45, 2.75) is 13.8 Å². The van der Waals surface area contributed by atoms with Gasteiger partial charge in [-0.25, -0.2) is 4.79 Å². The van der Waals surface area contributed by atoms with E-state index in [1.165, 1.54) is 0 Å². The Bertz CT molecular complexity index is 370. The Kier molecular flexibility index (Phi) is 3.68. The third-order valence-corrected chi connectivity index (χ3v) is 2.89. The van der Waals surface area contributed by atoms with Crippen LogP contribution in [-0.2, 0) is 4.74 Å². The van der Waals surface area contributed by atoms with Gasteiger partial charge in [-0.2, -0.15) is 0 Å². The van der Waals surface area contributed by atoms with E-state index in [4.69, 9.17) is 4.74 Å². The molecule has 1 rings (SSSR count). The second kappa shape index (κ2) is 4.59. The standard InChI is InChI=1S/C9H10INO3/c1-3-14-9(13)7-5(2)8(10)11-6(7)4-12/h4,11H,3H2,1-2H3. The van der Waals surface area contributed by atoms with E-state index in [-0.39, 0.29) is 5.69 Å². The van der Waals surface area contributed by atoms with Crippen LogP contribution >= 0.6 is 22.6 Å². The molecule has 0 aliphatic heterocycles. The zero-order valence-electron chi connectivity index (χ0n) is 7.89. The molecule has 1 heterocycles. The van der Waals surface area contributed by atoms with Gasteiger partial charge in [0.25, 0.3) is 0 Å². The fraction of sp³-hybridized carbons (Fsp3) is 0.333. The highest BCUT2D eigenvalue weighted by molar-refractivity contribution is 14.1. The molecule has 1 aromatic rings. The average molecular weight is 307 g/mol. The number of hydrogen-bond acceptors (Lipinski definition) is 3. The van der Waals surface area contributed by atoms with Crippen LogP contribution in [0, 0.1) is 10.6 Å². The molecule has 76 valence electrons. The summed E-state index contributed by atoms with van der Waals surface area (Å²) in [4.78, 5) is 24.9. The van der Waals surface area contributed by atoms with Crippen LogP contribution in [-0.4, -0.2) is 23.8 Å². The predicted molar refractivity (Wildman–Crippen MR) is 59.6 cm³/mol. The number of hydrogen-bond donors (Lipinski definition) is 1. The van der Waals surface area contributed by atoms with E-state index in [0.29, 0.717) is 18.5 Å². The van der Waals surface area contributed by atoms with Crippen molar-refractivity contribution in [1.82, 2.24) is 4.98 Å². The Labute approximate surface area is 95.2 Å². The number of carbonyl (C=O) groups excluding carboxylic acids is 2. The van der Waals surface area contributed by atoms with Crippen LogP contribution in [0.4, 0.5) is 0 Å². The molecule has 0 spiro atoms. The van der Waals surface area contributed by atoms with Crippen molar-refractivity contribution in [2.24, 2.45) is 0 Å². The molecule has 1 N–H and O–H groups in total. The van der Waals surface area contributed by atoms with Gasteiger partial charge in [0.1, 0.15) is 0 Å². The molecular weight excluding hydrogens is 297 g/mol. The number of aromatic nitrogens is 1. The Morgan fingerprint density at radius 3 is 2.79 bits per heavy atom. The lowest BCUT2D eigenvalue weighted by atomic mass is 10.2. The van der Waals surface area contributed by atoms with Gasteiger partial charge in [-0.15, -0.1) is 0 Å². The zero-order valence-corrected chi connectivity index (χ0v) is 10.0. The van der Waals surface area contributed by atoms with Crippen LogP contribution in [0.2, 0.25) is 0 Å². The molecule has 0 fully saturated rings. The molecule has 0 atom stereocenters. The molecule has 0 amide bonds. The summed E-state index contributed by atoms with van der Waals surface area (Å²) in [5.74, 6) is -0.453. The Morgan fingerprint density at radius 1 is 1.64 bits per heavy atom. The second-order valence-corrected chi connectivity index (χ2v) is 3.77. The van der Waals surface area contributed by atoms with Crippen LogP contribution in [0.3, 0.4) is 0 Å². The van der Waals surface area contributed by atoms with E-state index in [9.17, 15) is 9.59 Å². The largest absolute Gasteiger partial charge is 0.462 e. The molecule has 0 radical (unpaired) electrons. The number of halogens is 1. The molecule has 0 unspecified atom stereocenters. The number of aldehydes is 1. The number of esters is 1. The summed E-state index contributed by atoms with van der Waals surface area (Å²) < 4.78 is 5.63. The summed E-state index contributed by atoms with van der Waals surface area (Å²) in [5.41, 5.74) is 1.38. The van der Waals surface area contributed by atoms with Gasteiger partial charge in [-0.05, 0) is 42.0 Å². The lowest BCUT2D eigenvalue weighted by Crippen LogP contribution is -2.07. The smallest absolute Gasteiger partial charge is 0.340 e.